The van der Waals surface area contributed by atoms with Crippen LogP contribution in [0.2, 0.25) is 5.02 Å². The van der Waals surface area contributed by atoms with Crippen molar-refractivity contribution in [1.29, 1.82) is 0 Å². The fourth-order valence-electron chi connectivity index (χ4n) is 3.76. The third kappa shape index (κ3) is 3.98. The molecule has 0 aliphatic heterocycles. The van der Waals surface area contributed by atoms with Crippen molar-refractivity contribution in [3.8, 4) is 11.1 Å². The highest BCUT2D eigenvalue weighted by Gasteiger charge is 2.24. The van der Waals surface area contributed by atoms with E-state index in [9.17, 15) is 14.7 Å². The van der Waals surface area contributed by atoms with Gasteiger partial charge in [0.05, 0.1) is 20.3 Å². The van der Waals surface area contributed by atoms with Crippen molar-refractivity contribution < 1.29 is 14.6 Å². The van der Waals surface area contributed by atoms with Gasteiger partial charge in [-0.25, -0.2) is 4.79 Å². The van der Waals surface area contributed by atoms with E-state index < -0.39 is 5.97 Å². The Morgan fingerprint density at radius 2 is 1.71 bits per heavy atom. The Hall–Kier alpha value is -3.41. The summed E-state index contributed by atoms with van der Waals surface area (Å²) < 4.78 is 6.53. The first-order valence-electron chi connectivity index (χ1n) is 9.72. The summed E-state index contributed by atoms with van der Waals surface area (Å²) in [6, 6.07) is 21.7. The maximum absolute atomic E-state index is 13.5. The molecule has 0 aliphatic rings. The molecule has 6 heteroatoms. The Morgan fingerprint density at radius 1 is 0.968 bits per heavy atom. The van der Waals surface area contributed by atoms with E-state index in [4.69, 9.17) is 16.3 Å². The lowest BCUT2D eigenvalue weighted by molar-refractivity contribution is 0.0588. The third-order valence-electron chi connectivity index (χ3n) is 5.19. The number of hydrogen-bond acceptors (Lipinski definition) is 4. The molecule has 0 spiro atoms. The largest absolute Gasteiger partial charge is 0.464 e. The molecule has 1 N–H and O–H groups in total. The van der Waals surface area contributed by atoms with Crippen LogP contribution in [0.4, 0.5) is 0 Å². The van der Waals surface area contributed by atoms with Gasteiger partial charge in [0.15, 0.2) is 0 Å². The minimum Gasteiger partial charge on any atom is -0.464 e. The van der Waals surface area contributed by atoms with Gasteiger partial charge in [0.1, 0.15) is 5.69 Å². The minimum absolute atomic E-state index is 0.140. The summed E-state index contributed by atoms with van der Waals surface area (Å²) in [4.78, 5) is 26.5. The van der Waals surface area contributed by atoms with Gasteiger partial charge in [-0.2, -0.15) is 0 Å². The molecule has 31 heavy (non-hydrogen) atoms. The second-order valence-electron chi connectivity index (χ2n) is 7.14. The number of aliphatic hydroxyl groups excluding tert-OH is 1. The van der Waals surface area contributed by atoms with E-state index in [0.717, 1.165) is 5.56 Å². The number of carbonyl (C=O) groups excluding carboxylic acids is 1. The predicted octanol–water partition coefficient (Wildman–Crippen LogP) is 4.65. The fourth-order valence-corrected chi connectivity index (χ4v) is 3.93. The number of ether oxygens (including phenoxy) is 1. The van der Waals surface area contributed by atoms with Crippen LogP contribution >= 0.6 is 11.6 Å². The number of halogens is 1. The molecular formula is C25H20ClNO4. The molecular weight excluding hydrogens is 414 g/mol. The van der Waals surface area contributed by atoms with Crippen molar-refractivity contribution in [3.05, 3.63) is 105 Å². The predicted molar refractivity (Wildman–Crippen MR) is 121 cm³/mol. The quantitative estimate of drug-likeness (QED) is 0.465. The highest BCUT2D eigenvalue weighted by molar-refractivity contribution is 6.31. The van der Waals surface area contributed by atoms with E-state index >= 15 is 0 Å². The second kappa shape index (κ2) is 8.76. The molecule has 1 aromatic heterocycles. The molecule has 5 nitrogen and oxygen atoms in total. The number of methoxy groups -OCH3 is 1. The average molecular weight is 434 g/mol. The van der Waals surface area contributed by atoms with Gasteiger partial charge in [-0.15, -0.1) is 0 Å². The van der Waals surface area contributed by atoms with Gasteiger partial charge in [-0.1, -0.05) is 60.1 Å². The molecule has 156 valence electrons. The van der Waals surface area contributed by atoms with Gasteiger partial charge < -0.3 is 9.84 Å². The number of esters is 1. The van der Waals surface area contributed by atoms with E-state index in [0.29, 0.717) is 32.5 Å². The number of aliphatic hydroxyl groups is 1. The Morgan fingerprint density at radius 3 is 2.42 bits per heavy atom. The van der Waals surface area contributed by atoms with E-state index in [2.05, 4.69) is 0 Å². The van der Waals surface area contributed by atoms with Crippen LogP contribution in [0.1, 0.15) is 21.6 Å². The van der Waals surface area contributed by atoms with Gasteiger partial charge in [0.2, 0.25) is 0 Å². The zero-order chi connectivity index (χ0) is 22.0. The molecule has 0 atom stereocenters. The molecule has 0 saturated carbocycles. The topological polar surface area (TPSA) is 68.5 Å². The normalized spacial score (nSPS) is 10.9. The Balaban J connectivity index is 2.14. The number of fused-ring (bicyclic) bond motifs is 1. The lowest BCUT2D eigenvalue weighted by Crippen LogP contribution is -2.28. The van der Waals surface area contributed by atoms with E-state index in [1.807, 2.05) is 36.4 Å². The van der Waals surface area contributed by atoms with Crippen LogP contribution in [-0.4, -0.2) is 22.8 Å². The number of hydrogen-bond donors (Lipinski definition) is 1. The summed E-state index contributed by atoms with van der Waals surface area (Å²) in [5.74, 6) is -0.626. The van der Waals surface area contributed by atoms with Crippen LogP contribution in [0.15, 0.2) is 77.6 Å². The summed E-state index contributed by atoms with van der Waals surface area (Å²) >= 11 is 6.26. The van der Waals surface area contributed by atoms with Gasteiger partial charge in [0, 0.05) is 16.0 Å². The maximum atomic E-state index is 13.5. The number of rotatable bonds is 5. The first-order valence-corrected chi connectivity index (χ1v) is 10.1. The maximum Gasteiger partial charge on any atom is 0.355 e. The zero-order valence-corrected chi connectivity index (χ0v) is 17.6. The lowest BCUT2D eigenvalue weighted by Gasteiger charge is -2.19. The van der Waals surface area contributed by atoms with Gasteiger partial charge in [-0.05, 0) is 46.3 Å². The number of pyridine rings is 1. The molecule has 0 aliphatic carbocycles. The number of carbonyl (C=O) groups is 1. The molecule has 3 aromatic carbocycles. The molecule has 4 rings (SSSR count). The van der Waals surface area contributed by atoms with Crippen LogP contribution in [-0.2, 0) is 17.9 Å². The van der Waals surface area contributed by atoms with E-state index in [-0.39, 0.29) is 24.4 Å². The molecule has 4 aromatic rings. The SMILES string of the molecule is COC(=O)c1c(-c2cccc(CO)c2)c2cc(Cl)ccc2c(=O)n1Cc1ccccc1. The van der Waals surface area contributed by atoms with Crippen molar-refractivity contribution in [2.45, 2.75) is 13.2 Å². The smallest absolute Gasteiger partial charge is 0.355 e. The Bertz CT molecular complexity index is 1330. The summed E-state index contributed by atoms with van der Waals surface area (Å²) in [6.07, 6.45) is 0. The van der Waals surface area contributed by atoms with E-state index in [1.54, 1.807) is 36.4 Å². The fraction of sp³-hybridized carbons (Fsp3) is 0.120. The van der Waals surface area contributed by atoms with Crippen LogP contribution in [0, 0.1) is 0 Å². The molecule has 0 amide bonds. The number of benzene rings is 3. The number of aromatic nitrogens is 1. The van der Waals surface area contributed by atoms with Crippen LogP contribution < -0.4 is 5.56 Å². The molecule has 1 heterocycles. The highest BCUT2D eigenvalue weighted by Crippen LogP contribution is 2.33. The van der Waals surface area contributed by atoms with Crippen molar-refractivity contribution in [2.75, 3.05) is 7.11 Å². The minimum atomic E-state index is -0.626. The molecule has 0 unspecified atom stereocenters. The molecule has 0 fully saturated rings. The van der Waals surface area contributed by atoms with Gasteiger partial charge in [-0.3, -0.25) is 9.36 Å². The van der Waals surface area contributed by atoms with Crippen molar-refractivity contribution in [2.24, 2.45) is 0 Å². The lowest BCUT2D eigenvalue weighted by atomic mass is 9.95. The highest BCUT2D eigenvalue weighted by atomic mass is 35.5. The summed E-state index contributed by atoms with van der Waals surface area (Å²) in [7, 11) is 1.29. The molecule has 0 radical (unpaired) electrons. The van der Waals surface area contributed by atoms with Crippen LogP contribution in [0.3, 0.4) is 0 Å². The summed E-state index contributed by atoms with van der Waals surface area (Å²) in [6.45, 7) is 0.0547. The van der Waals surface area contributed by atoms with Crippen LogP contribution in [0.5, 0.6) is 0 Å². The first kappa shape index (κ1) is 20.8. The van der Waals surface area contributed by atoms with Crippen molar-refractivity contribution in [1.82, 2.24) is 4.57 Å². The van der Waals surface area contributed by atoms with Gasteiger partial charge >= 0.3 is 5.97 Å². The summed E-state index contributed by atoms with van der Waals surface area (Å²) in [5.41, 5.74) is 2.61. The third-order valence-corrected chi connectivity index (χ3v) is 5.43. The Labute approximate surface area is 184 Å². The zero-order valence-electron chi connectivity index (χ0n) is 16.8. The van der Waals surface area contributed by atoms with Crippen LogP contribution in [0.25, 0.3) is 21.9 Å². The molecule has 0 saturated heterocycles. The van der Waals surface area contributed by atoms with E-state index in [1.165, 1.54) is 11.7 Å². The molecule has 0 bridgehead atoms. The standard InChI is InChI=1S/C25H20ClNO4/c1-31-25(30)23-22(18-9-5-8-17(12-18)15-28)21-13-19(26)10-11-20(21)24(29)27(23)14-16-6-3-2-4-7-16/h2-13,28H,14-15H2,1H3. The first-order chi connectivity index (χ1) is 15.0. The Kier molecular flexibility index (Phi) is 5.89. The monoisotopic (exact) mass is 433 g/mol. The van der Waals surface area contributed by atoms with Crippen molar-refractivity contribution in [3.63, 3.8) is 0 Å². The van der Waals surface area contributed by atoms with Crippen molar-refractivity contribution >= 4 is 28.3 Å². The number of nitrogens with zero attached hydrogens (tertiary/aromatic N) is 1. The van der Waals surface area contributed by atoms with Gasteiger partial charge in [0.25, 0.3) is 5.56 Å². The average Bonchev–Trinajstić information content (AvgIpc) is 2.80. The second-order valence-corrected chi connectivity index (χ2v) is 7.58. The summed E-state index contributed by atoms with van der Waals surface area (Å²) in [5, 5.41) is 11.1.